The number of hydrogen-bond acceptors (Lipinski definition) is 5. The number of phenols is 1. The summed E-state index contributed by atoms with van der Waals surface area (Å²) in [5, 5.41) is 18.4. The molecule has 8 heteroatoms. The lowest BCUT2D eigenvalue weighted by molar-refractivity contribution is -0.138. The summed E-state index contributed by atoms with van der Waals surface area (Å²) in [6.45, 7) is 4.12. The van der Waals surface area contributed by atoms with Crippen LogP contribution in [0.25, 0.3) is 0 Å². The van der Waals surface area contributed by atoms with Gasteiger partial charge in [0, 0.05) is 38.6 Å². The Morgan fingerprint density at radius 1 is 1.21 bits per heavy atom. The fourth-order valence-electron chi connectivity index (χ4n) is 4.18. The summed E-state index contributed by atoms with van der Waals surface area (Å²) >= 11 is 0. The van der Waals surface area contributed by atoms with Crippen LogP contribution in [0.15, 0.2) is 18.2 Å². The molecule has 2 fully saturated rings. The largest absolute Gasteiger partial charge is 0.505 e. The highest BCUT2D eigenvalue weighted by Gasteiger charge is 2.35. The van der Waals surface area contributed by atoms with E-state index in [1.165, 1.54) is 12.1 Å². The molecule has 0 saturated carbocycles. The lowest BCUT2D eigenvalue weighted by Crippen LogP contribution is -2.55. The Bertz CT molecular complexity index is 708. The van der Waals surface area contributed by atoms with Crippen molar-refractivity contribution in [3.8, 4) is 5.75 Å². The van der Waals surface area contributed by atoms with E-state index in [2.05, 4.69) is 4.90 Å². The van der Waals surface area contributed by atoms with E-state index < -0.39 is 17.5 Å². The molecule has 0 aliphatic carbocycles. The molecule has 2 N–H and O–H groups in total. The number of rotatable bonds is 6. The van der Waals surface area contributed by atoms with E-state index >= 15 is 0 Å². The van der Waals surface area contributed by atoms with Crippen LogP contribution in [-0.2, 0) is 20.7 Å². The zero-order valence-corrected chi connectivity index (χ0v) is 15.8. The normalized spacial score (nSPS) is 23.5. The van der Waals surface area contributed by atoms with Crippen molar-refractivity contribution in [2.24, 2.45) is 5.92 Å². The van der Waals surface area contributed by atoms with Crippen LogP contribution in [0.2, 0.25) is 0 Å². The van der Waals surface area contributed by atoms with Crippen molar-refractivity contribution in [1.82, 2.24) is 9.80 Å². The molecular formula is C20H27FN2O5. The minimum Gasteiger partial charge on any atom is -0.505 e. The van der Waals surface area contributed by atoms with Crippen LogP contribution in [0.1, 0.15) is 24.8 Å². The predicted octanol–water partition coefficient (Wildman–Crippen LogP) is 1.49. The topological polar surface area (TPSA) is 90.3 Å². The van der Waals surface area contributed by atoms with Gasteiger partial charge in [-0.1, -0.05) is 6.07 Å². The van der Waals surface area contributed by atoms with E-state index in [0.717, 1.165) is 19.5 Å². The number of likely N-dealkylation sites (tertiary alicyclic amines) is 1. The van der Waals surface area contributed by atoms with E-state index in [0.29, 0.717) is 38.3 Å². The first kappa shape index (κ1) is 20.5. The van der Waals surface area contributed by atoms with Crippen LogP contribution in [0, 0.1) is 11.7 Å². The van der Waals surface area contributed by atoms with Crippen molar-refractivity contribution in [2.75, 3.05) is 39.4 Å². The van der Waals surface area contributed by atoms with E-state index in [-0.39, 0.29) is 30.7 Å². The minimum atomic E-state index is -0.830. The molecule has 1 aromatic carbocycles. The second kappa shape index (κ2) is 9.34. The van der Waals surface area contributed by atoms with Crippen molar-refractivity contribution in [1.29, 1.82) is 0 Å². The lowest BCUT2D eigenvalue weighted by atomic mass is 9.86. The molecule has 2 heterocycles. The third kappa shape index (κ3) is 5.20. The van der Waals surface area contributed by atoms with Crippen LogP contribution < -0.4 is 0 Å². The monoisotopic (exact) mass is 394 g/mol. The van der Waals surface area contributed by atoms with Gasteiger partial charge >= 0.3 is 5.97 Å². The summed E-state index contributed by atoms with van der Waals surface area (Å²) in [4.78, 5) is 27.9. The number of aliphatic carboxylic acids is 1. The molecule has 2 aliphatic rings. The maximum absolute atomic E-state index is 13.5. The minimum absolute atomic E-state index is 0.0606. The van der Waals surface area contributed by atoms with E-state index in [1.54, 1.807) is 11.0 Å². The van der Waals surface area contributed by atoms with Crippen LogP contribution in [0.3, 0.4) is 0 Å². The van der Waals surface area contributed by atoms with E-state index in [4.69, 9.17) is 9.84 Å². The first-order valence-electron chi connectivity index (χ1n) is 9.73. The van der Waals surface area contributed by atoms with Gasteiger partial charge in [0.1, 0.15) is 0 Å². The number of carbonyl (C=O) groups is 2. The van der Waals surface area contributed by atoms with Gasteiger partial charge in [-0.3, -0.25) is 14.5 Å². The molecule has 154 valence electrons. The highest BCUT2D eigenvalue weighted by Crippen LogP contribution is 2.28. The van der Waals surface area contributed by atoms with Gasteiger partial charge in [0.15, 0.2) is 11.6 Å². The number of carboxylic acid groups (broad SMARTS) is 1. The zero-order chi connectivity index (χ0) is 20.1. The van der Waals surface area contributed by atoms with Crippen molar-refractivity contribution in [3.63, 3.8) is 0 Å². The number of morpholine rings is 1. The Kier molecular flexibility index (Phi) is 6.85. The molecule has 7 nitrogen and oxygen atoms in total. The maximum atomic E-state index is 13.5. The van der Waals surface area contributed by atoms with Crippen molar-refractivity contribution in [2.45, 2.75) is 31.7 Å². The Labute approximate surface area is 163 Å². The zero-order valence-electron chi connectivity index (χ0n) is 15.8. The van der Waals surface area contributed by atoms with Crippen LogP contribution in [0.4, 0.5) is 4.39 Å². The van der Waals surface area contributed by atoms with Crippen LogP contribution in [0.5, 0.6) is 5.75 Å². The number of halogens is 1. The molecule has 0 unspecified atom stereocenters. The Morgan fingerprint density at radius 3 is 2.64 bits per heavy atom. The van der Waals surface area contributed by atoms with Gasteiger partial charge < -0.3 is 19.8 Å². The average Bonchev–Trinajstić information content (AvgIpc) is 2.69. The summed E-state index contributed by atoms with van der Waals surface area (Å²) in [5.41, 5.74) is 0.512. The Hall–Kier alpha value is -2.19. The van der Waals surface area contributed by atoms with Gasteiger partial charge in [0.05, 0.1) is 19.6 Å². The van der Waals surface area contributed by atoms with Gasteiger partial charge in [-0.2, -0.15) is 0 Å². The quantitative estimate of drug-likeness (QED) is 0.760. The third-order valence-corrected chi connectivity index (χ3v) is 5.66. The summed E-state index contributed by atoms with van der Waals surface area (Å²) in [7, 11) is 0. The fourth-order valence-corrected chi connectivity index (χ4v) is 4.18. The summed E-state index contributed by atoms with van der Waals surface area (Å²) in [6.07, 6.45) is 1.46. The molecular weight excluding hydrogens is 367 g/mol. The third-order valence-electron chi connectivity index (χ3n) is 5.66. The predicted molar refractivity (Wildman–Crippen MR) is 99.5 cm³/mol. The molecule has 2 atom stereocenters. The van der Waals surface area contributed by atoms with Gasteiger partial charge in [-0.25, -0.2) is 4.39 Å². The van der Waals surface area contributed by atoms with Gasteiger partial charge in [0.2, 0.25) is 5.91 Å². The molecule has 28 heavy (non-hydrogen) atoms. The molecule has 0 spiro atoms. The van der Waals surface area contributed by atoms with Crippen molar-refractivity contribution in [3.05, 3.63) is 29.6 Å². The number of aromatic hydroxyl groups is 1. The Balaban J connectivity index is 1.64. The molecule has 1 aromatic rings. The van der Waals surface area contributed by atoms with Gasteiger partial charge in [-0.05, 0) is 36.5 Å². The summed E-state index contributed by atoms with van der Waals surface area (Å²) in [5.74, 6) is -2.02. The molecule has 2 saturated heterocycles. The fraction of sp³-hybridized carbons (Fsp3) is 0.600. The number of carboxylic acids is 1. The standard InChI is InChI=1S/C20H27FN2O5/c21-16-11-14(1-3-18(16)24)12-19(25)23-6-5-17(22-7-9-28-10-8-22)15(13-23)2-4-20(26)27/h1,3,11,15,17,24H,2,4-10,12-13H2,(H,26,27)/t15-,17+/m1/s1. The number of piperidine rings is 1. The maximum Gasteiger partial charge on any atom is 0.303 e. The molecule has 2 aliphatic heterocycles. The lowest BCUT2D eigenvalue weighted by Gasteiger charge is -2.45. The summed E-state index contributed by atoms with van der Waals surface area (Å²) in [6, 6.07) is 4.21. The van der Waals surface area contributed by atoms with Crippen molar-refractivity contribution < 1.29 is 28.9 Å². The van der Waals surface area contributed by atoms with Crippen LogP contribution >= 0.6 is 0 Å². The SMILES string of the molecule is O=C(O)CC[C@@H]1CN(C(=O)Cc2ccc(O)c(F)c2)CC[C@@H]1N1CCOCC1. The second-order valence-electron chi connectivity index (χ2n) is 7.50. The molecule has 3 rings (SSSR count). The number of amides is 1. The molecule has 0 aromatic heterocycles. The first-order chi connectivity index (χ1) is 13.4. The smallest absolute Gasteiger partial charge is 0.303 e. The number of benzene rings is 1. The second-order valence-corrected chi connectivity index (χ2v) is 7.50. The van der Waals surface area contributed by atoms with E-state index in [1.807, 2.05) is 0 Å². The number of hydrogen-bond donors (Lipinski definition) is 2. The highest BCUT2D eigenvalue weighted by molar-refractivity contribution is 5.79. The average molecular weight is 394 g/mol. The highest BCUT2D eigenvalue weighted by atomic mass is 19.1. The molecule has 0 bridgehead atoms. The van der Waals surface area contributed by atoms with Gasteiger partial charge in [-0.15, -0.1) is 0 Å². The number of nitrogens with zero attached hydrogens (tertiary/aromatic N) is 2. The van der Waals surface area contributed by atoms with Gasteiger partial charge in [0.25, 0.3) is 0 Å². The molecule has 0 radical (unpaired) electrons. The molecule has 1 amide bonds. The number of carbonyl (C=O) groups excluding carboxylic acids is 1. The first-order valence-corrected chi connectivity index (χ1v) is 9.73. The summed E-state index contributed by atoms with van der Waals surface area (Å²) < 4.78 is 18.9. The van der Waals surface area contributed by atoms with E-state index in [9.17, 15) is 19.1 Å². The number of phenolic OH excluding ortho intramolecular Hbond substituents is 1. The number of ether oxygens (including phenoxy) is 1. The van der Waals surface area contributed by atoms with Crippen molar-refractivity contribution >= 4 is 11.9 Å². The Morgan fingerprint density at radius 2 is 1.96 bits per heavy atom. The van der Waals surface area contributed by atoms with Crippen LogP contribution in [-0.4, -0.2) is 77.3 Å².